The number of rotatable bonds is 6. The highest BCUT2D eigenvalue weighted by Crippen LogP contribution is 2.20. The van der Waals surface area contributed by atoms with E-state index in [1.165, 1.54) is 14.0 Å². The number of hydrogen-bond acceptors (Lipinski definition) is 3. The van der Waals surface area contributed by atoms with Crippen LogP contribution in [-0.2, 0) is 9.53 Å². The quantitative estimate of drug-likeness (QED) is 0.681. The second kappa shape index (κ2) is 5.32. The van der Waals surface area contributed by atoms with Gasteiger partial charge in [-0.15, -0.1) is 0 Å². The molecular weight excluding hydrogens is 182 g/mol. The van der Waals surface area contributed by atoms with Crippen molar-refractivity contribution in [1.29, 1.82) is 0 Å². The van der Waals surface area contributed by atoms with Crippen LogP contribution in [0.1, 0.15) is 33.6 Å². The van der Waals surface area contributed by atoms with E-state index in [2.05, 4.69) is 13.8 Å². The van der Waals surface area contributed by atoms with Crippen LogP contribution in [0.2, 0.25) is 0 Å². The number of carboxylic acid groups (broad SMARTS) is 1. The molecule has 0 saturated carbocycles. The van der Waals surface area contributed by atoms with Crippen molar-refractivity contribution < 1.29 is 14.6 Å². The van der Waals surface area contributed by atoms with Crippen LogP contribution in [0.5, 0.6) is 0 Å². The minimum Gasteiger partial charge on any atom is -0.480 e. The zero-order chi connectivity index (χ0) is 11.4. The van der Waals surface area contributed by atoms with Crippen molar-refractivity contribution in [2.75, 3.05) is 7.11 Å². The monoisotopic (exact) mass is 203 g/mol. The van der Waals surface area contributed by atoms with Gasteiger partial charge in [0.05, 0.1) is 6.10 Å². The van der Waals surface area contributed by atoms with Crippen LogP contribution >= 0.6 is 0 Å². The molecule has 0 aromatic carbocycles. The van der Waals surface area contributed by atoms with Gasteiger partial charge < -0.3 is 15.6 Å². The molecule has 84 valence electrons. The number of ether oxygens (including phenoxy) is 1. The predicted molar refractivity (Wildman–Crippen MR) is 55.1 cm³/mol. The Hall–Kier alpha value is -0.610. The third kappa shape index (κ3) is 3.27. The van der Waals surface area contributed by atoms with E-state index in [0.29, 0.717) is 12.3 Å². The van der Waals surface area contributed by atoms with E-state index in [0.717, 1.165) is 6.42 Å². The summed E-state index contributed by atoms with van der Waals surface area (Å²) in [7, 11) is 1.50. The first-order chi connectivity index (χ1) is 6.36. The molecule has 0 aliphatic rings. The van der Waals surface area contributed by atoms with Gasteiger partial charge >= 0.3 is 5.97 Å². The Morgan fingerprint density at radius 3 is 2.43 bits per heavy atom. The van der Waals surface area contributed by atoms with E-state index in [4.69, 9.17) is 15.6 Å². The SMILES string of the molecule is CCC(C)CC(OC)C(C)(N)C(=O)O. The molecule has 4 heteroatoms. The highest BCUT2D eigenvalue weighted by atomic mass is 16.5. The van der Waals surface area contributed by atoms with Gasteiger partial charge in [-0.1, -0.05) is 20.3 Å². The molecular formula is C10H21NO3. The largest absolute Gasteiger partial charge is 0.480 e. The van der Waals surface area contributed by atoms with Gasteiger partial charge in [0.25, 0.3) is 0 Å². The van der Waals surface area contributed by atoms with Gasteiger partial charge in [0.15, 0.2) is 0 Å². The molecule has 0 aromatic heterocycles. The molecule has 14 heavy (non-hydrogen) atoms. The summed E-state index contributed by atoms with van der Waals surface area (Å²) in [4.78, 5) is 10.9. The van der Waals surface area contributed by atoms with E-state index >= 15 is 0 Å². The summed E-state index contributed by atoms with van der Waals surface area (Å²) in [5.41, 5.74) is 4.39. The van der Waals surface area contributed by atoms with Crippen molar-refractivity contribution in [3.05, 3.63) is 0 Å². The molecule has 0 fully saturated rings. The van der Waals surface area contributed by atoms with Gasteiger partial charge in [-0.2, -0.15) is 0 Å². The molecule has 0 heterocycles. The Kier molecular flexibility index (Phi) is 5.08. The highest BCUT2D eigenvalue weighted by Gasteiger charge is 2.38. The summed E-state index contributed by atoms with van der Waals surface area (Å²) in [5, 5.41) is 8.92. The van der Waals surface area contributed by atoms with Gasteiger partial charge in [0, 0.05) is 7.11 Å². The van der Waals surface area contributed by atoms with Crippen molar-refractivity contribution in [3.8, 4) is 0 Å². The zero-order valence-corrected chi connectivity index (χ0v) is 9.41. The van der Waals surface area contributed by atoms with Crippen LogP contribution in [0, 0.1) is 5.92 Å². The number of carboxylic acids is 1. The van der Waals surface area contributed by atoms with E-state index < -0.39 is 17.6 Å². The summed E-state index contributed by atoms with van der Waals surface area (Å²) in [6.45, 7) is 5.61. The fourth-order valence-corrected chi connectivity index (χ4v) is 1.26. The first-order valence-corrected chi connectivity index (χ1v) is 4.91. The van der Waals surface area contributed by atoms with Gasteiger partial charge in [-0.05, 0) is 19.3 Å². The lowest BCUT2D eigenvalue weighted by Crippen LogP contribution is -2.55. The highest BCUT2D eigenvalue weighted by molar-refractivity contribution is 5.78. The molecule has 0 saturated heterocycles. The molecule has 3 atom stereocenters. The fourth-order valence-electron chi connectivity index (χ4n) is 1.26. The van der Waals surface area contributed by atoms with Crippen LogP contribution in [0.15, 0.2) is 0 Å². The average Bonchev–Trinajstić information content (AvgIpc) is 2.12. The summed E-state index contributed by atoms with van der Waals surface area (Å²) >= 11 is 0. The van der Waals surface area contributed by atoms with Gasteiger partial charge in [-0.25, -0.2) is 0 Å². The first-order valence-electron chi connectivity index (χ1n) is 4.91. The molecule has 0 spiro atoms. The Labute approximate surface area is 85.4 Å². The average molecular weight is 203 g/mol. The summed E-state index contributed by atoms with van der Waals surface area (Å²) in [6, 6.07) is 0. The first kappa shape index (κ1) is 13.4. The summed E-state index contributed by atoms with van der Waals surface area (Å²) in [5.74, 6) is -0.602. The lowest BCUT2D eigenvalue weighted by Gasteiger charge is -2.30. The van der Waals surface area contributed by atoms with Crippen molar-refractivity contribution >= 4 is 5.97 Å². The van der Waals surface area contributed by atoms with Crippen LogP contribution in [0.4, 0.5) is 0 Å². The van der Waals surface area contributed by atoms with Crippen molar-refractivity contribution in [1.82, 2.24) is 0 Å². The Balaban J connectivity index is 4.47. The van der Waals surface area contributed by atoms with E-state index in [-0.39, 0.29) is 0 Å². The number of aliphatic carboxylic acids is 1. The second-order valence-corrected chi connectivity index (χ2v) is 4.06. The van der Waals surface area contributed by atoms with Crippen molar-refractivity contribution in [2.24, 2.45) is 11.7 Å². The lowest BCUT2D eigenvalue weighted by atomic mass is 9.88. The third-order valence-corrected chi connectivity index (χ3v) is 2.73. The maximum atomic E-state index is 10.9. The summed E-state index contributed by atoms with van der Waals surface area (Å²) in [6.07, 6.45) is 1.23. The normalized spacial score (nSPS) is 19.8. The third-order valence-electron chi connectivity index (χ3n) is 2.73. The number of nitrogens with two attached hydrogens (primary N) is 1. The lowest BCUT2D eigenvalue weighted by molar-refractivity contribution is -0.148. The Bertz CT molecular complexity index is 192. The number of methoxy groups -OCH3 is 1. The standard InChI is InChI=1S/C10H21NO3/c1-5-7(2)6-8(14-4)10(3,11)9(12)13/h7-8H,5-6,11H2,1-4H3,(H,12,13). The second-order valence-electron chi connectivity index (χ2n) is 4.06. The topological polar surface area (TPSA) is 72.5 Å². The molecule has 4 nitrogen and oxygen atoms in total. The van der Waals surface area contributed by atoms with E-state index in [9.17, 15) is 4.79 Å². The van der Waals surface area contributed by atoms with Gasteiger partial charge in [0.2, 0.25) is 0 Å². The molecule has 0 radical (unpaired) electrons. The van der Waals surface area contributed by atoms with Crippen LogP contribution in [0.3, 0.4) is 0 Å². The maximum absolute atomic E-state index is 10.9. The molecule has 0 aliphatic carbocycles. The molecule has 0 aliphatic heterocycles. The van der Waals surface area contributed by atoms with Gasteiger partial charge in [0.1, 0.15) is 5.54 Å². The van der Waals surface area contributed by atoms with Gasteiger partial charge in [-0.3, -0.25) is 4.79 Å². The Morgan fingerprint density at radius 2 is 2.14 bits per heavy atom. The van der Waals surface area contributed by atoms with Crippen LogP contribution < -0.4 is 5.73 Å². The fraction of sp³-hybridized carbons (Fsp3) is 0.900. The minimum atomic E-state index is -1.31. The molecule has 3 N–H and O–H groups in total. The molecule has 0 amide bonds. The summed E-state index contributed by atoms with van der Waals surface area (Å²) < 4.78 is 5.14. The predicted octanol–water partition coefficient (Wildman–Crippen LogP) is 1.24. The zero-order valence-electron chi connectivity index (χ0n) is 9.41. The van der Waals surface area contributed by atoms with Crippen LogP contribution in [-0.4, -0.2) is 29.8 Å². The number of hydrogen-bond donors (Lipinski definition) is 2. The molecule has 3 unspecified atom stereocenters. The number of carbonyl (C=O) groups is 1. The van der Waals surface area contributed by atoms with Crippen LogP contribution in [0.25, 0.3) is 0 Å². The van der Waals surface area contributed by atoms with Crippen molar-refractivity contribution in [3.63, 3.8) is 0 Å². The van der Waals surface area contributed by atoms with E-state index in [1.807, 2.05) is 0 Å². The molecule has 0 aromatic rings. The van der Waals surface area contributed by atoms with E-state index in [1.54, 1.807) is 0 Å². The van der Waals surface area contributed by atoms with Crippen molar-refractivity contribution in [2.45, 2.75) is 45.3 Å². The molecule has 0 bridgehead atoms. The smallest absolute Gasteiger partial charge is 0.326 e. The molecule has 0 rings (SSSR count). The Morgan fingerprint density at radius 1 is 1.64 bits per heavy atom. The maximum Gasteiger partial charge on any atom is 0.326 e. The minimum absolute atomic E-state index is 0.419.